The second kappa shape index (κ2) is 8.43. The van der Waals surface area contributed by atoms with Crippen LogP contribution in [0.4, 0.5) is 10.5 Å². The number of anilines is 1. The number of oxazole rings is 1. The lowest BCUT2D eigenvalue weighted by Gasteiger charge is -2.22. The molecule has 3 aromatic rings. The number of hydrogen-bond donors (Lipinski definition) is 0. The number of aryl methyl sites for hydroxylation is 1. The topological polar surface area (TPSA) is 91.1 Å². The van der Waals surface area contributed by atoms with Crippen LogP contribution in [0, 0.1) is 6.92 Å². The summed E-state index contributed by atoms with van der Waals surface area (Å²) in [6.45, 7) is 3.00. The third-order valence-corrected chi connectivity index (χ3v) is 3.95. The van der Waals surface area contributed by atoms with Gasteiger partial charge in [0, 0.05) is 6.92 Å². The number of hydrogen-bond acceptors (Lipinski definition) is 7. The second-order valence-corrected chi connectivity index (χ2v) is 5.98. The summed E-state index contributed by atoms with van der Waals surface area (Å²) in [7, 11) is 1.26. The molecule has 1 amide bonds. The predicted octanol–water partition coefficient (Wildman–Crippen LogP) is 3.81. The number of carbonyl (C=O) groups is 2. The standard InChI is InChI=1S/C20H20N2O6/c1-13-10-15(26-11-19-21-16-6-4-5-7-18(16)28-19)8-9-17(13)22(20(24)25-3)12-27-14(2)23/h4-10H,11-12H2,1-3H3. The van der Waals surface area contributed by atoms with E-state index in [0.717, 1.165) is 11.1 Å². The van der Waals surface area contributed by atoms with Crippen LogP contribution in [0.15, 0.2) is 46.9 Å². The van der Waals surface area contributed by atoms with Crippen molar-refractivity contribution in [1.29, 1.82) is 0 Å². The number of esters is 1. The van der Waals surface area contributed by atoms with Crippen LogP contribution in [0.25, 0.3) is 11.1 Å². The number of amides is 1. The zero-order chi connectivity index (χ0) is 20.1. The van der Waals surface area contributed by atoms with Crippen LogP contribution in [0.2, 0.25) is 0 Å². The second-order valence-electron chi connectivity index (χ2n) is 5.98. The van der Waals surface area contributed by atoms with E-state index in [1.165, 1.54) is 18.9 Å². The average Bonchev–Trinajstić information content (AvgIpc) is 3.10. The van der Waals surface area contributed by atoms with Crippen molar-refractivity contribution in [2.45, 2.75) is 20.5 Å². The fourth-order valence-corrected chi connectivity index (χ4v) is 2.63. The van der Waals surface area contributed by atoms with Crippen LogP contribution in [-0.4, -0.2) is 30.9 Å². The number of rotatable bonds is 6. The van der Waals surface area contributed by atoms with Crippen molar-refractivity contribution in [3.8, 4) is 5.75 Å². The molecule has 1 heterocycles. The van der Waals surface area contributed by atoms with Crippen molar-refractivity contribution in [3.63, 3.8) is 0 Å². The van der Waals surface area contributed by atoms with Crippen LogP contribution in [0.3, 0.4) is 0 Å². The Morgan fingerprint density at radius 3 is 2.64 bits per heavy atom. The summed E-state index contributed by atoms with van der Waals surface area (Å²) in [5.74, 6) is 0.555. The van der Waals surface area contributed by atoms with E-state index in [9.17, 15) is 9.59 Å². The molecule has 8 nitrogen and oxygen atoms in total. The molecule has 3 rings (SSSR count). The maximum atomic E-state index is 12.0. The first-order chi connectivity index (χ1) is 13.5. The molecule has 0 aliphatic rings. The maximum Gasteiger partial charge on any atom is 0.416 e. The van der Waals surface area contributed by atoms with Gasteiger partial charge < -0.3 is 18.6 Å². The van der Waals surface area contributed by atoms with E-state index in [2.05, 4.69) is 4.98 Å². The number of fused-ring (bicyclic) bond motifs is 1. The number of methoxy groups -OCH3 is 1. The monoisotopic (exact) mass is 384 g/mol. The molecule has 146 valence electrons. The van der Waals surface area contributed by atoms with Crippen LogP contribution in [-0.2, 0) is 20.9 Å². The van der Waals surface area contributed by atoms with Crippen LogP contribution >= 0.6 is 0 Å². The van der Waals surface area contributed by atoms with Crippen molar-refractivity contribution < 1.29 is 28.2 Å². The van der Waals surface area contributed by atoms with Crippen LogP contribution in [0.1, 0.15) is 18.4 Å². The molecule has 0 atom stereocenters. The average molecular weight is 384 g/mol. The molecule has 0 fully saturated rings. The summed E-state index contributed by atoms with van der Waals surface area (Å²) in [6.07, 6.45) is -0.635. The molecule has 1 aromatic heterocycles. The SMILES string of the molecule is COC(=O)N(COC(C)=O)c1ccc(OCc2nc3ccccc3o2)cc1C. The molecule has 0 unspecified atom stereocenters. The van der Waals surface area contributed by atoms with Crippen molar-refractivity contribution >= 4 is 28.8 Å². The Balaban J connectivity index is 1.72. The van der Waals surface area contributed by atoms with Gasteiger partial charge in [-0.2, -0.15) is 0 Å². The Morgan fingerprint density at radius 1 is 1.18 bits per heavy atom. The number of para-hydroxylation sites is 2. The zero-order valence-corrected chi connectivity index (χ0v) is 15.8. The van der Waals surface area contributed by atoms with E-state index in [1.54, 1.807) is 18.2 Å². The van der Waals surface area contributed by atoms with Gasteiger partial charge in [0.2, 0.25) is 5.89 Å². The zero-order valence-electron chi connectivity index (χ0n) is 15.8. The largest absolute Gasteiger partial charge is 0.484 e. The fourth-order valence-electron chi connectivity index (χ4n) is 2.63. The summed E-state index contributed by atoms with van der Waals surface area (Å²) in [5.41, 5.74) is 2.76. The molecule has 28 heavy (non-hydrogen) atoms. The highest BCUT2D eigenvalue weighted by atomic mass is 16.6. The summed E-state index contributed by atoms with van der Waals surface area (Å²) >= 11 is 0. The lowest BCUT2D eigenvalue weighted by atomic mass is 10.2. The highest BCUT2D eigenvalue weighted by Gasteiger charge is 2.20. The maximum absolute atomic E-state index is 12.0. The molecule has 0 spiro atoms. The minimum atomic E-state index is -0.635. The fraction of sp³-hybridized carbons (Fsp3) is 0.250. The van der Waals surface area contributed by atoms with Gasteiger partial charge in [-0.25, -0.2) is 14.7 Å². The first-order valence-electron chi connectivity index (χ1n) is 8.54. The molecular weight excluding hydrogens is 364 g/mol. The van der Waals surface area contributed by atoms with E-state index in [1.807, 2.05) is 31.2 Å². The number of carbonyl (C=O) groups excluding carboxylic acids is 2. The van der Waals surface area contributed by atoms with Gasteiger partial charge in [0.05, 0.1) is 12.8 Å². The molecule has 0 N–H and O–H groups in total. The molecule has 0 radical (unpaired) electrons. The van der Waals surface area contributed by atoms with Gasteiger partial charge in [0.1, 0.15) is 11.3 Å². The summed E-state index contributed by atoms with van der Waals surface area (Å²) in [4.78, 5) is 28.7. The lowest BCUT2D eigenvalue weighted by Crippen LogP contribution is -2.34. The third kappa shape index (κ3) is 4.40. The summed E-state index contributed by atoms with van der Waals surface area (Å²) in [5, 5.41) is 0. The highest BCUT2D eigenvalue weighted by molar-refractivity contribution is 5.88. The summed E-state index contributed by atoms with van der Waals surface area (Å²) in [6, 6.07) is 12.6. The molecular formula is C20H20N2O6. The number of benzene rings is 2. The van der Waals surface area contributed by atoms with E-state index >= 15 is 0 Å². The number of nitrogens with zero attached hydrogens (tertiary/aromatic N) is 2. The van der Waals surface area contributed by atoms with Gasteiger partial charge >= 0.3 is 12.1 Å². The lowest BCUT2D eigenvalue weighted by molar-refractivity contribution is -0.140. The Hall–Kier alpha value is -3.55. The van der Waals surface area contributed by atoms with E-state index in [4.69, 9.17) is 18.6 Å². The Bertz CT molecular complexity index is 964. The van der Waals surface area contributed by atoms with Crippen molar-refractivity contribution in [2.24, 2.45) is 0 Å². The molecule has 0 aliphatic carbocycles. The van der Waals surface area contributed by atoms with Gasteiger partial charge in [-0.3, -0.25) is 4.79 Å². The van der Waals surface area contributed by atoms with Gasteiger partial charge in [0.15, 0.2) is 18.9 Å². The van der Waals surface area contributed by atoms with Gasteiger partial charge in [-0.1, -0.05) is 12.1 Å². The Labute approximate surface area is 161 Å². The Morgan fingerprint density at radius 2 is 1.96 bits per heavy atom. The molecule has 0 saturated heterocycles. The smallest absolute Gasteiger partial charge is 0.416 e. The van der Waals surface area contributed by atoms with Crippen molar-refractivity contribution in [2.75, 3.05) is 18.7 Å². The first kappa shape index (κ1) is 19.2. The number of ether oxygens (including phenoxy) is 3. The van der Waals surface area contributed by atoms with Gasteiger partial charge in [-0.15, -0.1) is 0 Å². The Kier molecular flexibility index (Phi) is 5.78. The van der Waals surface area contributed by atoms with E-state index in [-0.39, 0.29) is 13.3 Å². The predicted molar refractivity (Wildman–Crippen MR) is 101 cm³/mol. The van der Waals surface area contributed by atoms with Gasteiger partial charge in [0.25, 0.3) is 0 Å². The molecule has 0 saturated carbocycles. The normalized spacial score (nSPS) is 10.5. The molecule has 8 heteroatoms. The third-order valence-electron chi connectivity index (χ3n) is 3.95. The van der Waals surface area contributed by atoms with Crippen LogP contribution < -0.4 is 9.64 Å². The van der Waals surface area contributed by atoms with Crippen LogP contribution in [0.5, 0.6) is 5.75 Å². The molecule has 0 bridgehead atoms. The van der Waals surface area contributed by atoms with E-state index in [0.29, 0.717) is 22.9 Å². The minimum Gasteiger partial charge on any atom is -0.484 e. The first-order valence-corrected chi connectivity index (χ1v) is 8.54. The molecule has 2 aromatic carbocycles. The minimum absolute atomic E-state index is 0.168. The van der Waals surface area contributed by atoms with Crippen molar-refractivity contribution in [1.82, 2.24) is 4.98 Å². The molecule has 0 aliphatic heterocycles. The van der Waals surface area contributed by atoms with E-state index < -0.39 is 12.1 Å². The quantitative estimate of drug-likeness (QED) is 0.471. The van der Waals surface area contributed by atoms with Crippen molar-refractivity contribution in [3.05, 3.63) is 53.9 Å². The number of aromatic nitrogens is 1. The van der Waals surface area contributed by atoms with Gasteiger partial charge in [-0.05, 0) is 42.8 Å². The highest BCUT2D eigenvalue weighted by Crippen LogP contribution is 2.26. The summed E-state index contributed by atoms with van der Waals surface area (Å²) < 4.78 is 21.1.